The fourth-order valence-corrected chi connectivity index (χ4v) is 2.17. The Labute approximate surface area is 106 Å². The SMILES string of the molecule is COc1cc2c(c(OC3CCOC3)c1)CN=CN2. The summed E-state index contributed by atoms with van der Waals surface area (Å²) in [5, 5.41) is 3.12. The zero-order valence-corrected chi connectivity index (χ0v) is 10.3. The van der Waals surface area contributed by atoms with Gasteiger partial charge in [-0.15, -0.1) is 0 Å². The highest BCUT2D eigenvalue weighted by Crippen LogP contribution is 2.35. The van der Waals surface area contributed by atoms with Gasteiger partial charge in [0.1, 0.15) is 17.6 Å². The van der Waals surface area contributed by atoms with Gasteiger partial charge in [0, 0.05) is 24.1 Å². The van der Waals surface area contributed by atoms with E-state index < -0.39 is 0 Å². The third-order valence-electron chi connectivity index (χ3n) is 3.16. The van der Waals surface area contributed by atoms with Gasteiger partial charge in [0.15, 0.2) is 0 Å². The van der Waals surface area contributed by atoms with E-state index in [1.54, 1.807) is 13.4 Å². The predicted molar refractivity (Wildman–Crippen MR) is 68.7 cm³/mol. The van der Waals surface area contributed by atoms with E-state index in [0.717, 1.165) is 35.8 Å². The van der Waals surface area contributed by atoms with Crippen LogP contribution in [0, 0.1) is 0 Å². The van der Waals surface area contributed by atoms with Crippen LogP contribution in [0.25, 0.3) is 0 Å². The van der Waals surface area contributed by atoms with Crippen LogP contribution >= 0.6 is 0 Å². The van der Waals surface area contributed by atoms with Crippen LogP contribution in [0.3, 0.4) is 0 Å². The molecule has 1 atom stereocenters. The molecule has 1 aromatic carbocycles. The summed E-state index contributed by atoms with van der Waals surface area (Å²) in [5.41, 5.74) is 2.07. The maximum Gasteiger partial charge on any atom is 0.130 e. The van der Waals surface area contributed by atoms with Crippen molar-refractivity contribution in [2.24, 2.45) is 4.99 Å². The smallest absolute Gasteiger partial charge is 0.130 e. The molecule has 0 aliphatic carbocycles. The summed E-state index contributed by atoms with van der Waals surface area (Å²) in [7, 11) is 1.65. The van der Waals surface area contributed by atoms with Crippen molar-refractivity contribution in [2.75, 3.05) is 25.6 Å². The minimum absolute atomic E-state index is 0.132. The highest BCUT2D eigenvalue weighted by atomic mass is 16.5. The molecule has 5 heteroatoms. The van der Waals surface area contributed by atoms with Crippen molar-refractivity contribution in [1.82, 2.24) is 0 Å². The second-order valence-electron chi connectivity index (χ2n) is 4.37. The fraction of sp³-hybridized carbons (Fsp3) is 0.462. The third kappa shape index (κ3) is 2.13. The van der Waals surface area contributed by atoms with Crippen LogP contribution in [0.1, 0.15) is 12.0 Å². The molecule has 96 valence electrons. The van der Waals surface area contributed by atoms with Gasteiger partial charge in [-0.1, -0.05) is 0 Å². The van der Waals surface area contributed by atoms with Crippen molar-refractivity contribution in [3.8, 4) is 11.5 Å². The predicted octanol–water partition coefficient (Wildman–Crippen LogP) is 1.82. The molecule has 0 spiro atoms. The summed E-state index contributed by atoms with van der Waals surface area (Å²) in [6.45, 7) is 2.06. The van der Waals surface area contributed by atoms with Gasteiger partial charge in [0.2, 0.25) is 0 Å². The van der Waals surface area contributed by atoms with E-state index in [1.807, 2.05) is 12.1 Å². The van der Waals surface area contributed by atoms with Gasteiger partial charge in [-0.25, -0.2) is 0 Å². The lowest BCUT2D eigenvalue weighted by atomic mass is 10.1. The van der Waals surface area contributed by atoms with E-state index in [1.165, 1.54) is 0 Å². The zero-order chi connectivity index (χ0) is 12.4. The number of benzene rings is 1. The van der Waals surface area contributed by atoms with Crippen LogP contribution in [0.5, 0.6) is 11.5 Å². The lowest BCUT2D eigenvalue weighted by Crippen LogP contribution is -2.18. The average molecular weight is 248 g/mol. The van der Waals surface area contributed by atoms with Gasteiger partial charge in [0.25, 0.3) is 0 Å². The summed E-state index contributed by atoms with van der Waals surface area (Å²) >= 11 is 0. The van der Waals surface area contributed by atoms with Crippen molar-refractivity contribution in [2.45, 2.75) is 19.1 Å². The molecule has 1 unspecified atom stereocenters. The molecular formula is C13H16N2O3. The van der Waals surface area contributed by atoms with Gasteiger partial charge in [-0.2, -0.15) is 0 Å². The molecule has 0 radical (unpaired) electrons. The fourth-order valence-electron chi connectivity index (χ4n) is 2.17. The van der Waals surface area contributed by atoms with E-state index in [-0.39, 0.29) is 6.10 Å². The summed E-state index contributed by atoms with van der Waals surface area (Å²) in [5.74, 6) is 1.62. The molecule has 0 amide bonds. The number of ether oxygens (including phenoxy) is 3. The summed E-state index contributed by atoms with van der Waals surface area (Å²) < 4.78 is 16.6. The molecule has 2 aliphatic rings. The monoisotopic (exact) mass is 248 g/mol. The number of aliphatic imine (C=N–C) groups is 1. The molecule has 0 aromatic heterocycles. The summed E-state index contributed by atoms with van der Waals surface area (Å²) in [6, 6.07) is 3.87. The Morgan fingerprint density at radius 2 is 2.39 bits per heavy atom. The molecule has 5 nitrogen and oxygen atoms in total. The van der Waals surface area contributed by atoms with E-state index in [0.29, 0.717) is 13.2 Å². The third-order valence-corrected chi connectivity index (χ3v) is 3.16. The molecule has 2 aliphatic heterocycles. The standard InChI is InChI=1S/C13H16N2O3/c1-16-10-4-12-11(6-14-8-15-12)13(5-10)18-9-2-3-17-7-9/h4-5,8-9H,2-3,6-7H2,1H3,(H,14,15). The molecule has 1 saturated heterocycles. The van der Waals surface area contributed by atoms with Crippen LogP contribution in [0.15, 0.2) is 17.1 Å². The van der Waals surface area contributed by atoms with E-state index in [2.05, 4.69) is 10.3 Å². The van der Waals surface area contributed by atoms with Crippen molar-refractivity contribution in [1.29, 1.82) is 0 Å². The van der Waals surface area contributed by atoms with E-state index in [4.69, 9.17) is 14.2 Å². The Morgan fingerprint density at radius 3 is 3.17 bits per heavy atom. The van der Waals surface area contributed by atoms with Crippen molar-refractivity contribution in [3.63, 3.8) is 0 Å². The van der Waals surface area contributed by atoms with Crippen molar-refractivity contribution >= 4 is 12.0 Å². The van der Waals surface area contributed by atoms with Gasteiger partial charge < -0.3 is 19.5 Å². The number of rotatable bonds is 3. The van der Waals surface area contributed by atoms with Crippen LogP contribution < -0.4 is 14.8 Å². The second kappa shape index (κ2) is 4.86. The minimum Gasteiger partial charge on any atom is -0.497 e. The van der Waals surface area contributed by atoms with Crippen molar-refractivity contribution in [3.05, 3.63) is 17.7 Å². The Balaban J connectivity index is 1.91. The topological polar surface area (TPSA) is 52.1 Å². The molecule has 0 saturated carbocycles. The van der Waals surface area contributed by atoms with Crippen molar-refractivity contribution < 1.29 is 14.2 Å². The first-order chi connectivity index (χ1) is 8.86. The van der Waals surface area contributed by atoms with E-state index >= 15 is 0 Å². The Kier molecular flexibility index (Phi) is 3.06. The number of nitrogens with one attached hydrogen (secondary N) is 1. The number of hydrogen-bond donors (Lipinski definition) is 1. The van der Waals surface area contributed by atoms with Gasteiger partial charge >= 0.3 is 0 Å². The highest BCUT2D eigenvalue weighted by molar-refractivity contribution is 5.81. The Bertz CT molecular complexity index is 468. The second-order valence-corrected chi connectivity index (χ2v) is 4.37. The molecule has 1 aromatic rings. The lowest BCUT2D eigenvalue weighted by Gasteiger charge is -2.20. The van der Waals surface area contributed by atoms with Crippen LogP contribution in [0.2, 0.25) is 0 Å². The Hall–Kier alpha value is -1.75. The maximum atomic E-state index is 6.00. The molecular weight excluding hydrogens is 232 g/mol. The van der Waals surface area contributed by atoms with Crippen LogP contribution in [-0.2, 0) is 11.3 Å². The van der Waals surface area contributed by atoms with Crippen LogP contribution in [-0.4, -0.2) is 32.8 Å². The van der Waals surface area contributed by atoms with E-state index in [9.17, 15) is 0 Å². The Morgan fingerprint density at radius 1 is 1.44 bits per heavy atom. The largest absolute Gasteiger partial charge is 0.497 e. The summed E-state index contributed by atoms with van der Waals surface area (Å²) in [4.78, 5) is 4.22. The quantitative estimate of drug-likeness (QED) is 0.886. The normalized spacial score (nSPS) is 21.3. The van der Waals surface area contributed by atoms with Gasteiger partial charge in [-0.3, -0.25) is 4.99 Å². The maximum absolute atomic E-state index is 6.00. The average Bonchev–Trinajstić information content (AvgIpc) is 2.91. The molecule has 0 bridgehead atoms. The number of methoxy groups -OCH3 is 1. The number of nitrogens with zero attached hydrogens (tertiary/aromatic N) is 1. The van der Waals surface area contributed by atoms with Gasteiger partial charge in [-0.05, 0) is 0 Å². The lowest BCUT2D eigenvalue weighted by molar-refractivity contribution is 0.140. The van der Waals surface area contributed by atoms with Crippen LogP contribution in [0.4, 0.5) is 5.69 Å². The number of hydrogen-bond acceptors (Lipinski definition) is 5. The molecule has 3 rings (SSSR count). The van der Waals surface area contributed by atoms with Gasteiger partial charge in [0.05, 0.1) is 38.9 Å². The zero-order valence-electron chi connectivity index (χ0n) is 10.3. The minimum atomic E-state index is 0.132. The molecule has 1 fully saturated rings. The summed E-state index contributed by atoms with van der Waals surface area (Å²) in [6.07, 6.45) is 2.76. The molecule has 18 heavy (non-hydrogen) atoms. The number of fused-ring (bicyclic) bond motifs is 1. The first-order valence-electron chi connectivity index (χ1n) is 6.07. The first-order valence-corrected chi connectivity index (χ1v) is 6.07. The number of anilines is 1. The highest BCUT2D eigenvalue weighted by Gasteiger charge is 2.21. The molecule has 1 N–H and O–H groups in total. The first kappa shape index (κ1) is 11.3. The molecule has 2 heterocycles.